The second-order valence-electron chi connectivity index (χ2n) is 5.43. The second kappa shape index (κ2) is 6.75. The zero-order valence-corrected chi connectivity index (χ0v) is 13.2. The minimum Gasteiger partial charge on any atom is -0.482 e. The number of benzene rings is 2. The van der Waals surface area contributed by atoms with Crippen molar-refractivity contribution in [2.45, 2.75) is 12.5 Å². The topological polar surface area (TPSA) is 58.6 Å². The van der Waals surface area contributed by atoms with Crippen molar-refractivity contribution < 1.29 is 23.4 Å². The van der Waals surface area contributed by atoms with E-state index < -0.39 is 30.3 Å². The molecule has 0 saturated carbocycles. The summed E-state index contributed by atoms with van der Waals surface area (Å²) in [6, 6.07) is 6.91. The van der Waals surface area contributed by atoms with Crippen LogP contribution in [0, 0.1) is 11.6 Å². The molecule has 0 bridgehead atoms. The zero-order valence-electron chi connectivity index (χ0n) is 12.5. The van der Waals surface area contributed by atoms with Gasteiger partial charge in [-0.2, -0.15) is 0 Å². The number of ether oxygens (including phenoxy) is 1. The van der Waals surface area contributed by atoms with E-state index >= 15 is 0 Å². The maximum Gasteiger partial charge on any atom is 0.341 e. The predicted molar refractivity (Wildman–Crippen MR) is 84.5 cm³/mol. The Morgan fingerprint density at radius 3 is 2.83 bits per heavy atom. The molecule has 0 spiro atoms. The summed E-state index contributed by atoms with van der Waals surface area (Å²) in [6.07, 6.45) is 0.362. The second-order valence-corrected chi connectivity index (χ2v) is 5.87. The molecule has 0 radical (unpaired) electrons. The zero-order chi connectivity index (χ0) is 17.3. The van der Waals surface area contributed by atoms with E-state index in [9.17, 15) is 13.6 Å². The first kappa shape index (κ1) is 16.7. The van der Waals surface area contributed by atoms with E-state index in [0.29, 0.717) is 40.4 Å². The fourth-order valence-corrected chi connectivity index (χ4v) is 3.06. The van der Waals surface area contributed by atoms with Crippen LogP contribution in [0.1, 0.15) is 22.7 Å². The number of carbonyl (C=O) groups is 1. The van der Waals surface area contributed by atoms with Crippen LogP contribution < -0.4 is 10.1 Å². The molecule has 0 aliphatic carbocycles. The lowest BCUT2D eigenvalue weighted by Crippen LogP contribution is -2.32. The van der Waals surface area contributed by atoms with Crippen LogP contribution in [0.2, 0.25) is 5.02 Å². The average molecular weight is 354 g/mol. The molecule has 1 aliphatic rings. The molecule has 2 N–H and O–H groups in total. The molecule has 1 heterocycles. The molecule has 0 unspecified atom stereocenters. The molecule has 4 nitrogen and oxygen atoms in total. The van der Waals surface area contributed by atoms with E-state index in [-0.39, 0.29) is 0 Å². The van der Waals surface area contributed by atoms with Crippen LogP contribution in [-0.2, 0) is 11.2 Å². The normalized spacial score (nSPS) is 16.5. The summed E-state index contributed by atoms with van der Waals surface area (Å²) in [7, 11) is 0. The van der Waals surface area contributed by atoms with Crippen LogP contribution in [-0.4, -0.2) is 24.2 Å². The van der Waals surface area contributed by atoms with E-state index in [1.54, 1.807) is 18.2 Å². The van der Waals surface area contributed by atoms with Crippen LogP contribution in [0.5, 0.6) is 5.75 Å². The molecule has 24 heavy (non-hydrogen) atoms. The van der Waals surface area contributed by atoms with Crippen molar-refractivity contribution >= 4 is 17.6 Å². The van der Waals surface area contributed by atoms with Crippen molar-refractivity contribution in [3.63, 3.8) is 0 Å². The highest BCUT2D eigenvalue weighted by molar-refractivity contribution is 6.30. The summed E-state index contributed by atoms with van der Waals surface area (Å²) in [6.45, 7) is -0.0606. The van der Waals surface area contributed by atoms with Crippen molar-refractivity contribution in [3.05, 3.63) is 63.7 Å². The van der Waals surface area contributed by atoms with Gasteiger partial charge in [0.1, 0.15) is 5.75 Å². The Labute approximate surface area is 142 Å². The third kappa shape index (κ3) is 3.20. The van der Waals surface area contributed by atoms with E-state index in [0.717, 1.165) is 6.07 Å². The molecule has 2 aromatic rings. The monoisotopic (exact) mass is 353 g/mol. The number of halogens is 3. The quantitative estimate of drug-likeness (QED) is 0.885. The standard InChI is InChI=1S/C17H14ClF2NO3/c18-9-1-4-14(24-8-15(22)23)12(7-9)17-11-2-3-13(19)16(20)10(11)5-6-21-17/h1-4,7,17,21H,5-6,8H2,(H,22,23)/t17-/m0/s1. The summed E-state index contributed by atoms with van der Waals surface area (Å²) < 4.78 is 32.9. The van der Waals surface area contributed by atoms with Gasteiger partial charge in [0.25, 0.3) is 0 Å². The highest BCUT2D eigenvalue weighted by atomic mass is 35.5. The largest absolute Gasteiger partial charge is 0.482 e. The number of carboxylic acids is 1. The lowest BCUT2D eigenvalue weighted by Gasteiger charge is -2.29. The van der Waals surface area contributed by atoms with Crippen LogP contribution >= 0.6 is 11.6 Å². The lowest BCUT2D eigenvalue weighted by atomic mass is 9.89. The number of hydrogen-bond acceptors (Lipinski definition) is 3. The van der Waals surface area contributed by atoms with Gasteiger partial charge in [0.05, 0.1) is 6.04 Å². The van der Waals surface area contributed by atoms with Crippen LogP contribution in [0.15, 0.2) is 30.3 Å². The first-order valence-corrected chi connectivity index (χ1v) is 7.69. The number of nitrogens with one attached hydrogen (secondary N) is 1. The fraction of sp³-hybridized carbons (Fsp3) is 0.235. The summed E-state index contributed by atoms with van der Waals surface area (Å²) >= 11 is 6.05. The molecule has 126 valence electrons. The molecule has 0 fully saturated rings. The third-order valence-electron chi connectivity index (χ3n) is 3.90. The Hall–Kier alpha value is -2.18. The van der Waals surface area contributed by atoms with Gasteiger partial charge in [-0.05, 0) is 41.8 Å². The van der Waals surface area contributed by atoms with E-state index in [2.05, 4.69) is 5.32 Å². The summed E-state index contributed by atoms with van der Waals surface area (Å²) in [5.74, 6) is -2.52. The molecule has 2 aromatic carbocycles. The highest BCUT2D eigenvalue weighted by Gasteiger charge is 2.27. The van der Waals surface area contributed by atoms with Gasteiger partial charge in [-0.25, -0.2) is 13.6 Å². The third-order valence-corrected chi connectivity index (χ3v) is 4.14. The van der Waals surface area contributed by atoms with Crippen LogP contribution in [0.25, 0.3) is 0 Å². The number of hydrogen-bond donors (Lipinski definition) is 2. The van der Waals surface area contributed by atoms with Crippen molar-refractivity contribution in [2.75, 3.05) is 13.2 Å². The Bertz CT molecular complexity index is 798. The molecule has 7 heteroatoms. The number of aliphatic carboxylic acids is 1. The Morgan fingerprint density at radius 1 is 1.29 bits per heavy atom. The molecule has 0 aromatic heterocycles. The minimum absolute atomic E-state index is 0.308. The predicted octanol–water partition coefficient (Wildman–Crippen LogP) is 3.32. The smallest absolute Gasteiger partial charge is 0.341 e. The molecular formula is C17H14ClF2NO3. The minimum atomic E-state index is -1.11. The van der Waals surface area contributed by atoms with Crippen molar-refractivity contribution in [2.24, 2.45) is 0 Å². The Morgan fingerprint density at radius 2 is 2.08 bits per heavy atom. The van der Waals surface area contributed by atoms with Gasteiger partial charge in [-0.3, -0.25) is 0 Å². The highest BCUT2D eigenvalue weighted by Crippen LogP contribution is 2.36. The molecule has 1 aliphatic heterocycles. The lowest BCUT2D eigenvalue weighted by molar-refractivity contribution is -0.139. The summed E-state index contributed by atoms with van der Waals surface area (Å²) in [5, 5.41) is 12.5. The average Bonchev–Trinajstić information content (AvgIpc) is 2.56. The summed E-state index contributed by atoms with van der Waals surface area (Å²) in [5.41, 5.74) is 1.47. The van der Waals surface area contributed by atoms with Crippen molar-refractivity contribution in [1.82, 2.24) is 5.32 Å². The molecular weight excluding hydrogens is 340 g/mol. The first-order chi connectivity index (χ1) is 11.5. The molecule has 0 saturated heterocycles. The Kier molecular flexibility index (Phi) is 4.69. The molecule has 0 amide bonds. The van der Waals surface area contributed by atoms with Gasteiger partial charge in [0.2, 0.25) is 0 Å². The number of fused-ring (bicyclic) bond motifs is 1. The van der Waals surface area contributed by atoms with Gasteiger partial charge in [0.15, 0.2) is 18.2 Å². The van der Waals surface area contributed by atoms with E-state index in [4.69, 9.17) is 21.4 Å². The van der Waals surface area contributed by atoms with Gasteiger partial charge in [0, 0.05) is 17.1 Å². The maximum absolute atomic E-state index is 14.1. The molecule has 1 atom stereocenters. The first-order valence-electron chi connectivity index (χ1n) is 7.31. The Balaban J connectivity index is 2.06. The van der Waals surface area contributed by atoms with Crippen molar-refractivity contribution in [1.29, 1.82) is 0 Å². The van der Waals surface area contributed by atoms with Gasteiger partial charge in [-0.15, -0.1) is 0 Å². The maximum atomic E-state index is 14.1. The van der Waals surface area contributed by atoms with Gasteiger partial charge >= 0.3 is 5.97 Å². The SMILES string of the molecule is O=C(O)COc1ccc(Cl)cc1[C@H]1NCCc2c1ccc(F)c2F. The van der Waals surface area contributed by atoms with Gasteiger partial charge in [-0.1, -0.05) is 17.7 Å². The van der Waals surface area contributed by atoms with Crippen LogP contribution in [0.4, 0.5) is 8.78 Å². The van der Waals surface area contributed by atoms with Gasteiger partial charge < -0.3 is 15.2 Å². The van der Waals surface area contributed by atoms with Crippen molar-refractivity contribution in [3.8, 4) is 5.75 Å². The summed E-state index contributed by atoms with van der Waals surface area (Å²) in [4.78, 5) is 10.7. The number of rotatable bonds is 4. The molecule has 3 rings (SSSR count). The van der Waals surface area contributed by atoms with E-state index in [1.165, 1.54) is 6.07 Å². The number of carboxylic acid groups (broad SMARTS) is 1. The van der Waals surface area contributed by atoms with Crippen LogP contribution in [0.3, 0.4) is 0 Å². The fourth-order valence-electron chi connectivity index (χ4n) is 2.88. The van der Waals surface area contributed by atoms with E-state index in [1.807, 2.05) is 0 Å².